The van der Waals surface area contributed by atoms with Gasteiger partial charge in [-0.05, 0) is 31.0 Å². The van der Waals surface area contributed by atoms with Crippen LogP contribution in [0.2, 0.25) is 0 Å². The van der Waals surface area contributed by atoms with Crippen molar-refractivity contribution in [3.63, 3.8) is 0 Å². The summed E-state index contributed by atoms with van der Waals surface area (Å²) < 4.78 is 0. The number of nitrogens with two attached hydrogens (primary N) is 2. The smallest absolute Gasteiger partial charge is 0.0468 e. The maximum Gasteiger partial charge on any atom is 0.0468 e. The number of nitrogen functional groups attached to an aromatic ring is 1. The molecule has 5 N–H and O–H groups in total. The van der Waals surface area contributed by atoms with Gasteiger partial charge in [0.1, 0.15) is 0 Å². The van der Waals surface area contributed by atoms with Gasteiger partial charge >= 0.3 is 0 Å². The van der Waals surface area contributed by atoms with Crippen molar-refractivity contribution in [1.82, 2.24) is 5.32 Å². The minimum absolute atomic E-state index is 0.743. The van der Waals surface area contributed by atoms with Gasteiger partial charge < -0.3 is 16.8 Å². The van der Waals surface area contributed by atoms with Crippen LogP contribution in [0.1, 0.15) is 11.3 Å². The Bertz CT molecular complexity index is 222. The molecule has 0 atom stereocenters. The van der Waals surface area contributed by atoms with E-state index in [2.05, 4.69) is 5.32 Å². The Balaban J connectivity index is 2.20. The highest BCUT2D eigenvalue weighted by Gasteiger charge is 1.98. The predicted octanol–water partition coefficient (Wildman–Crippen LogP) is 0.769. The Labute approximate surface area is 76.8 Å². The van der Waals surface area contributed by atoms with Gasteiger partial charge in [0.2, 0.25) is 0 Å². The van der Waals surface area contributed by atoms with Crippen molar-refractivity contribution in [2.24, 2.45) is 5.73 Å². The summed E-state index contributed by atoms with van der Waals surface area (Å²) in [6.07, 6.45) is 1.02. The summed E-state index contributed by atoms with van der Waals surface area (Å²) in [7, 11) is 0. The number of anilines is 1. The fourth-order valence-corrected chi connectivity index (χ4v) is 1.69. The van der Waals surface area contributed by atoms with Crippen LogP contribution in [0.5, 0.6) is 0 Å². The highest BCUT2D eigenvalue weighted by molar-refractivity contribution is 7.10. The molecule has 0 spiro atoms. The van der Waals surface area contributed by atoms with Crippen LogP contribution < -0.4 is 16.8 Å². The Hall–Kier alpha value is -0.580. The van der Waals surface area contributed by atoms with Crippen LogP contribution in [0.15, 0.2) is 11.4 Å². The average molecular weight is 185 g/mol. The van der Waals surface area contributed by atoms with Gasteiger partial charge in [-0.2, -0.15) is 0 Å². The first-order chi connectivity index (χ1) is 5.84. The maximum atomic E-state index is 5.70. The quantitative estimate of drug-likeness (QED) is 0.594. The van der Waals surface area contributed by atoms with Crippen molar-refractivity contribution in [2.75, 3.05) is 18.8 Å². The van der Waals surface area contributed by atoms with Crippen molar-refractivity contribution >= 4 is 17.0 Å². The standard InChI is InChI=1S/C8H15N3S/c9-3-1-4-11-6-8-7(10)2-5-12-8/h2,5,11H,1,3-4,6,9-10H2. The molecule has 0 aromatic carbocycles. The van der Waals surface area contributed by atoms with Crippen LogP contribution in [0.25, 0.3) is 0 Å². The summed E-state index contributed by atoms with van der Waals surface area (Å²) in [5.74, 6) is 0. The van der Waals surface area contributed by atoms with Crippen molar-refractivity contribution < 1.29 is 0 Å². The number of nitrogens with one attached hydrogen (secondary N) is 1. The van der Waals surface area contributed by atoms with Crippen molar-refractivity contribution in [2.45, 2.75) is 13.0 Å². The third-order valence-corrected chi connectivity index (χ3v) is 2.56. The number of hydrogen-bond donors (Lipinski definition) is 3. The van der Waals surface area contributed by atoms with Gasteiger partial charge in [-0.3, -0.25) is 0 Å². The zero-order valence-corrected chi connectivity index (χ0v) is 7.86. The van der Waals surface area contributed by atoms with Gasteiger partial charge in [0.05, 0.1) is 0 Å². The molecule has 0 radical (unpaired) electrons. The van der Waals surface area contributed by atoms with E-state index in [1.807, 2.05) is 11.4 Å². The first-order valence-electron chi connectivity index (χ1n) is 4.07. The van der Waals surface area contributed by atoms with Crippen molar-refractivity contribution in [3.05, 3.63) is 16.3 Å². The van der Waals surface area contributed by atoms with Gasteiger partial charge in [0.25, 0.3) is 0 Å². The Kier molecular flexibility index (Phi) is 4.07. The van der Waals surface area contributed by atoms with E-state index < -0.39 is 0 Å². The molecule has 1 aromatic heterocycles. The molecule has 1 rings (SSSR count). The molecule has 0 saturated heterocycles. The van der Waals surface area contributed by atoms with Gasteiger partial charge in [0.15, 0.2) is 0 Å². The Morgan fingerprint density at radius 3 is 2.92 bits per heavy atom. The Morgan fingerprint density at radius 2 is 2.33 bits per heavy atom. The molecule has 1 heterocycles. The van der Waals surface area contributed by atoms with Crippen LogP contribution in [0.4, 0.5) is 5.69 Å². The SMILES string of the molecule is NCCCNCc1sccc1N. The van der Waals surface area contributed by atoms with Crippen LogP contribution in [0.3, 0.4) is 0 Å². The van der Waals surface area contributed by atoms with E-state index in [9.17, 15) is 0 Å². The summed E-state index contributed by atoms with van der Waals surface area (Å²) in [4.78, 5) is 1.21. The van der Waals surface area contributed by atoms with E-state index >= 15 is 0 Å². The summed E-state index contributed by atoms with van der Waals surface area (Å²) in [6, 6.07) is 1.94. The van der Waals surface area contributed by atoms with Crippen LogP contribution in [-0.4, -0.2) is 13.1 Å². The lowest BCUT2D eigenvalue weighted by Crippen LogP contribution is -2.17. The van der Waals surface area contributed by atoms with Crippen molar-refractivity contribution in [1.29, 1.82) is 0 Å². The number of rotatable bonds is 5. The average Bonchev–Trinajstić information content (AvgIpc) is 2.46. The van der Waals surface area contributed by atoms with Gasteiger partial charge in [-0.1, -0.05) is 0 Å². The topological polar surface area (TPSA) is 64.1 Å². The Morgan fingerprint density at radius 1 is 1.50 bits per heavy atom. The lowest BCUT2D eigenvalue weighted by atomic mass is 10.4. The minimum atomic E-state index is 0.743. The lowest BCUT2D eigenvalue weighted by molar-refractivity contribution is 0.661. The highest BCUT2D eigenvalue weighted by Crippen LogP contribution is 2.17. The van der Waals surface area contributed by atoms with E-state index in [-0.39, 0.29) is 0 Å². The normalized spacial score (nSPS) is 10.4. The van der Waals surface area contributed by atoms with Gasteiger partial charge in [-0.15, -0.1) is 11.3 Å². The van der Waals surface area contributed by atoms with E-state index in [1.54, 1.807) is 11.3 Å². The molecular weight excluding hydrogens is 170 g/mol. The van der Waals surface area contributed by atoms with E-state index in [0.29, 0.717) is 0 Å². The molecule has 0 aliphatic carbocycles. The lowest BCUT2D eigenvalue weighted by Gasteiger charge is -2.01. The first-order valence-corrected chi connectivity index (χ1v) is 4.95. The molecule has 0 amide bonds. The fraction of sp³-hybridized carbons (Fsp3) is 0.500. The third-order valence-electron chi connectivity index (χ3n) is 1.62. The second-order valence-corrected chi connectivity index (χ2v) is 3.62. The maximum absolute atomic E-state index is 5.70. The van der Waals surface area contributed by atoms with E-state index in [1.165, 1.54) is 4.88 Å². The summed E-state index contributed by atoms with van der Waals surface area (Å²) in [5, 5.41) is 5.29. The van der Waals surface area contributed by atoms with E-state index in [0.717, 1.165) is 31.7 Å². The molecular formula is C8H15N3S. The van der Waals surface area contributed by atoms with Crippen LogP contribution in [-0.2, 0) is 6.54 Å². The molecule has 1 aromatic rings. The number of thiophene rings is 1. The summed E-state index contributed by atoms with van der Waals surface area (Å²) >= 11 is 1.69. The number of hydrogen-bond acceptors (Lipinski definition) is 4. The second-order valence-electron chi connectivity index (χ2n) is 2.62. The molecule has 0 aliphatic heterocycles. The van der Waals surface area contributed by atoms with Crippen molar-refractivity contribution in [3.8, 4) is 0 Å². The molecule has 0 fully saturated rings. The molecule has 0 bridgehead atoms. The fourth-order valence-electron chi connectivity index (χ4n) is 0.923. The zero-order valence-electron chi connectivity index (χ0n) is 7.05. The van der Waals surface area contributed by atoms with Crippen LogP contribution >= 0.6 is 11.3 Å². The predicted molar refractivity (Wildman–Crippen MR) is 54.1 cm³/mol. The largest absolute Gasteiger partial charge is 0.398 e. The van der Waals surface area contributed by atoms with Gasteiger partial charge in [-0.25, -0.2) is 0 Å². The monoisotopic (exact) mass is 185 g/mol. The molecule has 12 heavy (non-hydrogen) atoms. The molecule has 4 heteroatoms. The molecule has 68 valence electrons. The molecule has 3 nitrogen and oxygen atoms in total. The zero-order chi connectivity index (χ0) is 8.81. The van der Waals surface area contributed by atoms with Gasteiger partial charge in [0, 0.05) is 17.1 Å². The summed E-state index contributed by atoms with van der Waals surface area (Å²) in [5.41, 5.74) is 11.9. The van der Waals surface area contributed by atoms with E-state index in [4.69, 9.17) is 11.5 Å². The second kappa shape index (κ2) is 5.13. The highest BCUT2D eigenvalue weighted by atomic mass is 32.1. The molecule has 0 saturated carbocycles. The first kappa shape index (κ1) is 9.51. The third kappa shape index (κ3) is 2.81. The van der Waals surface area contributed by atoms with Crippen LogP contribution in [0, 0.1) is 0 Å². The summed E-state index contributed by atoms with van der Waals surface area (Å²) in [6.45, 7) is 2.57. The minimum Gasteiger partial charge on any atom is -0.398 e. The molecule has 0 aliphatic rings. The molecule has 0 unspecified atom stereocenters.